The number of ether oxygens (including phenoxy) is 2. The zero-order valence-electron chi connectivity index (χ0n) is 11.9. The second-order valence-electron chi connectivity index (χ2n) is 4.94. The third-order valence-corrected chi connectivity index (χ3v) is 4.29. The van der Waals surface area contributed by atoms with Crippen molar-refractivity contribution in [1.29, 1.82) is 0 Å². The highest BCUT2D eigenvalue weighted by Gasteiger charge is 2.33. The van der Waals surface area contributed by atoms with E-state index in [1.54, 1.807) is 18.2 Å². The Balaban J connectivity index is 2.21. The van der Waals surface area contributed by atoms with E-state index in [2.05, 4.69) is 0 Å². The summed E-state index contributed by atoms with van der Waals surface area (Å²) in [6, 6.07) is 5.13. The molecule has 1 aromatic carbocycles. The molecule has 1 aliphatic heterocycles. The Labute approximate surface area is 123 Å². The van der Waals surface area contributed by atoms with Gasteiger partial charge in [0.2, 0.25) is 15.9 Å². The van der Waals surface area contributed by atoms with Crippen molar-refractivity contribution in [2.75, 3.05) is 31.4 Å². The molecular weight excluding hydrogens is 296 g/mol. The SMILES string of the molecule is COc1ccc(N2CC(CS(N)(=O)=O)CC2=O)cc1OC. The Morgan fingerprint density at radius 3 is 2.52 bits per heavy atom. The van der Waals surface area contributed by atoms with Gasteiger partial charge in [-0.3, -0.25) is 4.79 Å². The Morgan fingerprint density at radius 1 is 1.29 bits per heavy atom. The minimum absolute atomic E-state index is 0.129. The number of hydrogen-bond donors (Lipinski definition) is 1. The van der Waals surface area contributed by atoms with Crippen LogP contribution in [0.1, 0.15) is 6.42 Å². The Kier molecular flexibility index (Phi) is 4.38. The monoisotopic (exact) mass is 314 g/mol. The molecule has 2 rings (SSSR count). The van der Waals surface area contributed by atoms with Crippen molar-refractivity contribution in [3.05, 3.63) is 18.2 Å². The smallest absolute Gasteiger partial charge is 0.227 e. The van der Waals surface area contributed by atoms with Gasteiger partial charge in [-0.05, 0) is 12.1 Å². The zero-order chi connectivity index (χ0) is 15.6. The molecule has 0 aliphatic carbocycles. The van der Waals surface area contributed by atoms with Crippen LogP contribution in [0.3, 0.4) is 0 Å². The zero-order valence-corrected chi connectivity index (χ0v) is 12.7. The van der Waals surface area contributed by atoms with Gasteiger partial charge in [0.25, 0.3) is 0 Å². The maximum absolute atomic E-state index is 12.0. The summed E-state index contributed by atoms with van der Waals surface area (Å²) >= 11 is 0. The number of anilines is 1. The van der Waals surface area contributed by atoms with Gasteiger partial charge in [0, 0.05) is 30.6 Å². The van der Waals surface area contributed by atoms with Gasteiger partial charge in [0.1, 0.15) is 0 Å². The molecule has 2 N–H and O–H groups in total. The van der Waals surface area contributed by atoms with E-state index in [9.17, 15) is 13.2 Å². The number of primary sulfonamides is 1. The maximum atomic E-state index is 12.0. The normalized spacial score (nSPS) is 18.9. The lowest BCUT2D eigenvalue weighted by Crippen LogP contribution is -2.27. The fourth-order valence-corrected chi connectivity index (χ4v) is 3.34. The van der Waals surface area contributed by atoms with Gasteiger partial charge in [-0.15, -0.1) is 0 Å². The lowest BCUT2D eigenvalue weighted by atomic mass is 10.1. The van der Waals surface area contributed by atoms with E-state index in [0.29, 0.717) is 23.7 Å². The van der Waals surface area contributed by atoms with Crippen LogP contribution in [0.5, 0.6) is 11.5 Å². The largest absolute Gasteiger partial charge is 0.493 e. The van der Waals surface area contributed by atoms with Gasteiger partial charge in [-0.1, -0.05) is 0 Å². The van der Waals surface area contributed by atoms with Crippen molar-refractivity contribution in [2.24, 2.45) is 11.1 Å². The van der Waals surface area contributed by atoms with E-state index in [1.165, 1.54) is 19.1 Å². The number of sulfonamides is 1. The summed E-state index contributed by atoms with van der Waals surface area (Å²) in [4.78, 5) is 13.6. The molecule has 1 unspecified atom stereocenters. The molecule has 116 valence electrons. The van der Waals surface area contributed by atoms with Crippen molar-refractivity contribution in [3.8, 4) is 11.5 Å². The predicted molar refractivity (Wildman–Crippen MR) is 78.0 cm³/mol. The van der Waals surface area contributed by atoms with Gasteiger partial charge in [0.15, 0.2) is 11.5 Å². The third-order valence-electron chi connectivity index (χ3n) is 3.35. The van der Waals surface area contributed by atoms with Crippen LogP contribution in [0, 0.1) is 5.92 Å². The van der Waals surface area contributed by atoms with Gasteiger partial charge >= 0.3 is 0 Å². The summed E-state index contributed by atoms with van der Waals surface area (Å²) < 4.78 is 32.6. The van der Waals surface area contributed by atoms with Gasteiger partial charge < -0.3 is 14.4 Å². The maximum Gasteiger partial charge on any atom is 0.227 e. The highest BCUT2D eigenvalue weighted by atomic mass is 32.2. The fraction of sp³-hybridized carbons (Fsp3) is 0.462. The molecule has 21 heavy (non-hydrogen) atoms. The molecule has 0 spiro atoms. The molecule has 1 aliphatic rings. The molecule has 1 saturated heterocycles. The van der Waals surface area contributed by atoms with E-state index in [4.69, 9.17) is 14.6 Å². The Morgan fingerprint density at radius 2 is 1.95 bits per heavy atom. The average molecular weight is 314 g/mol. The summed E-state index contributed by atoms with van der Waals surface area (Å²) in [5, 5.41) is 5.03. The Hall–Kier alpha value is -1.80. The average Bonchev–Trinajstić information content (AvgIpc) is 2.76. The van der Waals surface area contributed by atoms with Crippen LogP contribution in [-0.2, 0) is 14.8 Å². The van der Waals surface area contributed by atoms with Gasteiger partial charge in [-0.2, -0.15) is 0 Å². The van der Waals surface area contributed by atoms with Crippen LogP contribution in [-0.4, -0.2) is 40.8 Å². The second-order valence-corrected chi connectivity index (χ2v) is 6.60. The van der Waals surface area contributed by atoms with Crippen LogP contribution in [0.4, 0.5) is 5.69 Å². The number of nitrogens with zero attached hydrogens (tertiary/aromatic N) is 1. The third kappa shape index (κ3) is 3.64. The molecule has 0 bridgehead atoms. The van der Waals surface area contributed by atoms with E-state index in [1.807, 2.05) is 0 Å². The first-order chi connectivity index (χ1) is 9.84. The summed E-state index contributed by atoms with van der Waals surface area (Å²) in [5.74, 6) is 0.464. The number of benzene rings is 1. The van der Waals surface area contributed by atoms with Crippen molar-refractivity contribution in [2.45, 2.75) is 6.42 Å². The number of carbonyl (C=O) groups is 1. The van der Waals surface area contributed by atoms with E-state index >= 15 is 0 Å². The number of nitrogens with two attached hydrogens (primary N) is 1. The first kappa shape index (κ1) is 15.6. The lowest BCUT2D eigenvalue weighted by molar-refractivity contribution is -0.117. The summed E-state index contributed by atoms with van der Waals surface area (Å²) in [5.41, 5.74) is 0.648. The fourth-order valence-electron chi connectivity index (χ4n) is 2.46. The first-order valence-corrected chi connectivity index (χ1v) is 8.08. The molecule has 1 atom stereocenters. The van der Waals surface area contributed by atoms with Crippen molar-refractivity contribution in [1.82, 2.24) is 0 Å². The number of amides is 1. The molecular formula is C13H18N2O5S. The lowest BCUT2D eigenvalue weighted by Gasteiger charge is -2.18. The molecule has 0 saturated carbocycles. The second kappa shape index (κ2) is 5.90. The number of rotatable bonds is 5. The number of carbonyl (C=O) groups excluding carboxylic acids is 1. The minimum Gasteiger partial charge on any atom is -0.493 e. The van der Waals surface area contributed by atoms with E-state index in [0.717, 1.165) is 0 Å². The van der Waals surface area contributed by atoms with Crippen LogP contribution < -0.4 is 19.5 Å². The molecule has 1 aromatic rings. The number of methoxy groups -OCH3 is 2. The summed E-state index contributed by atoms with van der Waals surface area (Å²) in [6.45, 7) is 0.324. The van der Waals surface area contributed by atoms with E-state index < -0.39 is 10.0 Å². The minimum atomic E-state index is -3.58. The molecule has 8 heteroatoms. The quantitative estimate of drug-likeness (QED) is 0.845. The van der Waals surface area contributed by atoms with Crippen molar-refractivity contribution >= 4 is 21.6 Å². The summed E-state index contributed by atoms with van der Waals surface area (Å²) in [6.07, 6.45) is 0.171. The Bertz CT molecular complexity index is 644. The molecule has 0 aromatic heterocycles. The van der Waals surface area contributed by atoms with Crippen molar-refractivity contribution < 1.29 is 22.7 Å². The molecule has 1 fully saturated rings. The standard InChI is InChI=1S/C13H18N2O5S/c1-19-11-4-3-10(6-12(11)20-2)15-7-9(5-13(15)16)8-21(14,17)18/h3-4,6,9H,5,7-8H2,1-2H3,(H2,14,17,18). The highest BCUT2D eigenvalue weighted by Crippen LogP contribution is 2.34. The predicted octanol–water partition coefficient (Wildman–Crippen LogP) is 0.345. The topological polar surface area (TPSA) is 98.9 Å². The molecule has 0 radical (unpaired) electrons. The van der Waals surface area contributed by atoms with Gasteiger partial charge in [0.05, 0.1) is 20.0 Å². The first-order valence-electron chi connectivity index (χ1n) is 6.37. The molecule has 1 heterocycles. The van der Waals surface area contributed by atoms with E-state index in [-0.39, 0.29) is 24.0 Å². The summed E-state index contributed by atoms with van der Waals surface area (Å²) in [7, 11) is -0.544. The van der Waals surface area contributed by atoms with Crippen LogP contribution in [0.25, 0.3) is 0 Å². The number of hydrogen-bond acceptors (Lipinski definition) is 5. The van der Waals surface area contributed by atoms with Crippen LogP contribution in [0.2, 0.25) is 0 Å². The molecule has 7 nitrogen and oxygen atoms in total. The van der Waals surface area contributed by atoms with Crippen LogP contribution in [0.15, 0.2) is 18.2 Å². The van der Waals surface area contributed by atoms with Gasteiger partial charge in [-0.25, -0.2) is 13.6 Å². The molecule has 1 amide bonds. The van der Waals surface area contributed by atoms with Crippen LogP contribution >= 0.6 is 0 Å². The van der Waals surface area contributed by atoms with Crippen molar-refractivity contribution in [3.63, 3.8) is 0 Å². The highest BCUT2D eigenvalue weighted by molar-refractivity contribution is 7.89.